The second-order valence-corrected chi connectivity index (χ2v) is 9.21. The molecule has 2 atom stereocenters. The Labute approximate surface area is 209 Å². The van der Waals surface area contributed by atoms with Gasteiger partial charge >= 0.3 is 11.9 Å². The van der Waals surface area contributed by atoms with Gasteiger partial charge in [-0.05, 0) is 10.4 Å². The van der Waals surface area contributed by atoms with Gasteiger partial charge in [0, 0.05) is 17.3 Å². The van der Waals surface area contributed by atoms with Gasteiger partial charge in [-0.25, -0.2) is 19.3 Å². The number of allylic oxidation sites excluding steroid dienone is 1. The van der Waals surface area contributed by atoms with Gasteiger partial charge in [0.1, 0.15) is 22.8 Å². The van der Waals surface area contributed by atoms with Gasteiger partial charge in [-0.15, -0.1) is 16.4 Å². The predicted octanol–water partition coefficient (Wildman–Crippen LogP) is -1.45. The number of anilines is 1. The van der Waals surface area contributed by atoms with Gasteiger partial charge in [-0.3, -0.25) is 14.5 Å². The van der Waals surface area contributed by atoms with Gasteiger partial charge in [-0.1, -0.05) is 23.5 Å². The number of carboxylic acid groups (broad SMARTS) is 1. The Balaban J connectivity index is 1.59. The molecule has 0 saturated carbocycles. The minimum atomic E-state index is -1.39. The minimum absolute atomic E-state index is 0.0485. The van der Waals surface area contributed by atoms with Gasteiger partial charge in [0.25, 0.3) is 11.8 Å². The molecular weight excluding hydrogens is 518 g/mol. The molecule has 0 bridgehead atoms. The number of aliphatic carboxylic acids is 1. The van der Waals surface area contributed by atoms with E-state index in [1.54, 1.807) is 0 Å². The number of rotatable bonds is 8. The van der Waals surface area contributed by atoms with E-state index in [2.05, 4.69) is 42.3 Å². The first-order valence-electron chi connectivity index (χ1n) is 9.82. The molecule has 0 aliphatic carbocycles. The topological polar surface area (TPSA) is 217 Å². The van der Waals surface area contributed by atoms with E-state index in [-0.39, 0.29) is 33.6 Å². The maximum atomic E-state index is 13.0. The fraction of sp³-hybridized carbons (Fsp3) is 0.278. The van der Waals surface area contributed by atoms with Crippen molar-refractivity contribution >= 4 is 63.3 Å². The van der Waals surface area contributed by atoms with Crippen molar-refractivity contribution in [3.05, 3.63) is 34.1 Å². The zero-order valence-corrected chi connectivity index (χ0v) is 20.2. The quantitative estimate of drug-likeness (QED) is 0.153. The van der Waals surface area contributed by atoms with E-state index in [0.717, 1.165) is 35.1 Å². The number of carboxylic acids is 1. The summed E-state index contributed by atoms with van der Waals surface area (Å²) in [6.07, 6.45) is 0. The van der Waals surface area contributed by atoms with E-state index in [0.29, 0.717) is 4.91 Å². The number of aromatic nitrogens is 5. The molecule has 1 saturated heterocycles. The van der Waals surface area contributed by atoms with E-state index in [1.165, 1.54) is 17.1 Å². The van der Waals surface area contributed by atoms with E-state index in [9.17, 15) is 24.3 Å². The Hall–Kier alpha value is -4.32. The monoisotopic (exact) mass is 535 g/mol. The number of β-lactam (4-membered cyclic amide) rings is 1. The number of ether oxygens (including phenoxy) is 1. The highest BCUT2D eigenvalue weighted by atomic mass is 32.2. The Morgan fingerprint density at radius 2 is 2.14 bits per heavy atom. The number of amides is 2. The maximum Gasteiger partial charge on any atom is 0.353 e. The van der Waals surface area contributed by atoms with Crippen LogP contribution in [0.4, 0.5) is 5.13 Å². The molecule has 1 fully saturated rings. The summed E-state index contributed by atoms with van der Waals surface area (Å²) in [7, 11) is 2.67. The number of thiazole rings is 1. The number of carbonyl (C=O) groups is 4. The molecule has 4 N–H and O–H groups in total. The normalized spacial score (nSPS) is 19.5. The highest BCUT2D eigenvalue weighted by Gasteiger charge is 2.56. The molecule has 2 aromatic heterocycles. The first-order valence-corrected chi connectivity index (χ1v) is 11.6. The lowest BCUT2D eigenvalue weighted by atomic mass is 10.0. The van der Waals surface area contributed by atoms with Crippen LogP contribution >= 0.6 is 23.1 Å². The fourth-order valence-corrected chi connectivity index (χ4v) is 5.09. The molecule has 4 rings (SSSR count). The summed E-state index contributed by atoms with van der Waals surface area (Å²) in [4.78, 5) is 59.7. The van der Waals surface area contributed by atoms with Crippen LogP contribution in [0.25, 0.3) is 5.57 Å². The molecule has 2 amide bonds. The first kappa shape index (κ1) is 24.8. The van der Waals surface area contributed by atoms with Gasteiger partial charge in [0.15, 0.2) is 16.7 Å². The van der Waals surface area contributed by atoms with Crippen LogP contribution in [0.5, 0.6) is 0 Å². The molecule has 0 aromatic carbocycles. The summed E-state index contributed by atoms with van der Waals surface area (Å²) in [5.74, 6) is -3.57. The molecule has 16 nitrogen and oxygen atoms in total. The summed E-state index contributed by atoms with van der Waals surface area (Å²) in [5.41, 5.74) is 5.07. The summed E-state index contributed by atoms with van der Waals surface area (Å²) in [5, 5.41) is 27.8. The molecule has 188 valence electrons. The summed E-state index contributed by atoms with van der Waals surface area (Å²) in [6.45, 7) is 3.33. The zero-order chi connectivity index (χ0) is 26.1. The largest absolute Gasteiger partial charge is 0.477 e. The highest BCUT2D eigenvalue weighted by Crippen LogP contribution is 2.48. The number of carbonyl (C=O) groups excluding carboxylic acids is 3. The number of esters is 1. The van der Waals surface area contributed by atoms with Crippen molar-refractivity contribution in [3.8, 4) is 0 Å². The lowest BCUT2D eigenvalue weighted by Gasteiger charge is -2.49. The number of nitrogens with one attached hydrogen (secondary N) is 1. The Morgan fingerprint density at radius 3 is 2.72 bits per heavy atom. The molecule has 0 spiro atoms. The van der Waals surface area contributed by atoms with Crippen LogP contribution < -0.4 is 11.1 Å². The van der Waals surface area contributed by atoms with Crippen LogP contribution in [0, 0.1) is 0 Å². The first-order chi connectivity index (χ1) is 17.1. The Bertz CT molecular complexity index is 1350. The van der Waals surface area contributed by atoms with Crippen molar-refractivity contribution in [2.45, 2.75) is 11.4 Å². The van der Waals surface area contributed by atoms with Gasteiger partial charge in [0.2, 0.25) is 6.61 Å². The second-order valence-electron chi connectivity index (χ2n) is 7.11. The van der Waals surface area contributed by atoms with Crippen molar-refractivity contribution < 1.29 is 33.9 Å². The van der Waals surface area contributed by atoms with Crippen molar-refractivity contribution in [1.29, 1.82) is 0 Å². The van der Waals surface area contributed by atoms with Crippen molar-refractivity contribution in [2.24, 2.45) is 12.2 Å². The summed E-state index contributed by atoms with van der Waals surface area (Å²) >= 11 is 2.10. The number of oxime groups is 1. The molecular formula is C18H17N9O7S2. The fourth-order valence-electron chi connectivity index (χ4n) is 3.31. The number of nitrogens with two attached hydrogens (primary N) is 1. The van der Waals surface area contributed by atoms with Crippen LogP contribution in [-0.2, 0) is 35.8 Å². The second kappa shape index (κ2) is 9.74. The molecule has 0 radical (unpaired) electrons. The molecule has 18 heteroatoms. The van der Waals surface area contributed by atoms with Crippen LogP contribution in [0.15, 0.2) is 27.7 Å². The zero-order valence-electron chi connectivity index (χ0n) is 18.6. The van der Waals surface area contributed by atoms with E-state index in [4.69, 9.17) is 10.6 Å². The number of fused-ring (bicyclic) bond motifs is 1. The SMILES string of the molecule is C=C1SC2C(NC(=O)/C(=N\OCC(=O)OC)c3csc(N)n3)C(=O)N2C(C(=O)O)=C1c1nnnn1C. The molecule has 2 unspecified atom stereocenters. The van der Waals surface area contributed by atoms with Crippen molar-refractivity contribution in [1.82, 2.24) is 35.4 Å². The number of hydrogen-bond donors (Lipinski definition) is 3. The van der Waals surface area contributed by atoms with E-state index < -0.39 is 41.8 Å². The van der Waals surface area contributed by atoms with Crippen molar-refractivity contribution in [3.63, 3.8) is 0 Å². The van der Waals surface area contributed by atoms with E-state index in [1.807, 2.05) is 0 Å². The van der Waals surface area contributed by atoms with Crippen molar-refractivity contribution in [2.75, 3.05) is 19.5 Å². The Morgan fingerprint density at radius 1 is 1.39 bits per heavy atom. The van der Waals surface area contributed by atoms with Gasteiger partial charge in [0.05, 0.1) is 12.7 Å². The number of tetrazole rings is 1. The number of hydrogen-bond acceptors (Lipinski definition) is 14. The average Bonchev–Trinajstić information content (AvgIpc) is 3.46. The van der Waals surface area contributed by atoms with Crippen LogP contribution in [0.2, 0.25) is 0 Å². The smallest absolute Gasteiger partial charge is 0.353 e. The van der Waals surface area contributed by atoms with Crippen LogP contribution in [0.1, 0.15) is 11.5 Å². The molecule has 4 heterocycles. The third kappa shape index (κ3) is 4.38. The van der Waals surface area contributed by atoms with Crippen LogP contribution in [0.3, 0.4) is 0 Å². The molecule has 36 heavy (non-hydrogen) atoms. The van der Waals surface area contributed by atoms with Crippen LogP contribution in [-0.4, -0.2) is 89.8 Å². The standard InChI is InChI=1S/C18H17N9O7S2/c1-6-9(13-22-24-25-26(13)2)12(17(31)32)27-15(30)11(16(27)36-6)21-14(29)10(7-5-35-18(19)20-7)23-34-4-8(28)33-3/h5,11,16H,1,4H2,2-3H3,(H2,19,20)(H,21,29)(H,31,32)/b23-10-. The minimum Gasteiger partial charge on any atom is -0.477 e. The number of thioether (sulfide) groups is 1. The average molecular weight is 536 g/mol. The lowest BCUT2D eigenvalue weighted by Crippen LogP contribution is -2.70. The number of aryl methyl sites for hydroxylation is 1. The molecule has 2 aliphatic rings. The van der Waals surface area contributed by atoms with E-state index >= 15 is 0 Å². The third-order valence-corrected chi connectivity index (χ3v) is 6.83. The number of nitrogen functional groups attached to an aromatic ring is 1. The highest BCUT2D eigenvalue weighted by molar-refractivity contribution is 8.04. The molecule has 2 aromatic rings. The van der Waals surface area contributed by atoms with Gasteiger partial charge < -0.3 is 25.7 Å². The number of nitrogens with zero attached hydrogens (tertiary/aromatic N) is 7. The summed E-state index contributed by atoms with van der Waals surface area (Å²) < 4.78 is 5.71. The number of methoxy groups -OCH3 is 1. The molecule has 2 aliphatic heterocycles. The maximum absolute atomic E-state index is 13.0. The summed E-state index contributed by atoms with van der Waals surface area (Å²) in [6, 6.07) is -1.13. The lowest BCUT2D eigenvalue weighted by molar-refractivity contribution is -0.149. The third-order valence-electron chi connectivity index (χ3n) is 4.94. The van der Waals surface area contributed by atoms with Gasteiger partial charge in [-0.2, -0.15) is 0 Å². The predicted molar refractivity (Wildman–Crippen MR) is 124 cm³/mol. The Kier molecular flexibility index (Phi) is 6.71.